The van der Waals surface area contributed by atoms with E-state index in [1.807, 2.05) is 7.05 Å². The van der Waals surface area contributed by atoms with Crippen LogP contribution in [0.4, 0.5) is 0 Å². The summed E-state index contributed by atoms with van der Waals surface area (Å²) in [6, 6.07) is 0. The maximum Gasteiger partial charge on any atom is 0.222 e. The minimum absolute atomic E-state index is 0.173. The molecule has 0 spiro atoms. The van der Waals surface area contributed by atoms with Crippen LogP contribution < -0.4 is 0 Å². The molecule has 0 bridgehead atoms. The van der Waals surface area contributed by atoms with Crippen molar-refractivity contribution in [2.24, 2.45) is 17.3 Å². The lowest BCUT2D eigenvalue weighted by atomic mass is 9.72. The summed E-state index contributed by atoms with van der Waals surface area (Å²) in [7, 11) is 3.51. The molecule has 0 saturated heterocycles. The molecule has 17 heavy (non-hydrogen) atoms. The largest absolute Gasteiger partial charge is 0.383 e. The maximum absolute atomic E-state index is 12.1. The number of hydrogen-bond acceptors (Lipinski definition) is 2. The topological polar surface area (TPSA) is 29.5 Å². The van der Waals surface area contributed by atoms with Crippen LogP contribution in [0.1, 0.15) is 41.0 Å². The van der Waals surface area contributed by atoms with E-state index >= 15 is 0 Å². The second-order valence-corrected chi connectivity index (χ2v) is 6.23. The van der Waals surface area contributed by atoms with Gasteiger partial charge in [0.2, 0.25) is 5.91 Å². The van der Waals surface area contributed by atoms with Crippen LogP contribution in [0.3, 0.4) is 0 Å². The second-order valence-electron chi connectivity index (χ2n) is 6.23. The predicted molar refractivity (Wildman–Crippen MR) is 71.9 cm³/mol. The number of nitrogens with zero attached hydrogens (tertiary/aromatic N) is 1. The molecule has 0 radical (unpaired) electrons. The maximum atomic E-state index is 12.1. The van der Waals surface area contributed by atoms with Gasteiger partial charge in [-0.05, 0) is 17.3 Å². The Kier molecular flexibility index (Phi) is 6.76. The molecule has 1 unspecified atom stereocenters. The molecule has 0 aliphatic rings. The van der Waals surface area contributed by atoms with E-state index in [1.54, 1.807) is 12.0 Å². The Morgan fingerprint density at radius 2 is 1.82 bits per heavy atom. The monoisotopic (exact) mass is 243 g/mol. The van der Waals surface area contributed by atoms with Crippen molar-refractivity contribution >= 4 is 5.91 Å². The molecule has 0 N–H and O–H groups in total. The van der Waals surface area contributed by atoms with E-state index in [4.69, 9.17) is 4.74 Å². The molecule has 102 valence electrons. The number of likely N-dealkylation sites (N-methyl/N-ethyl adjacent to an activating group) is 1. The van der Waals surface area contributed by atoms with E-state index in [2.05, 4.69) is 34.6 Å². The van der Waals surface area contributed by atoms with Crippen LogP contribution in [-0.4, -0.2) is 38.1 Å². The van der Waals surface area contributed by atoms with Gasteiger partial charge < -0.3 is 9.64 Å². The van der Waals surface area contributed by atoms with Crippen molar-refractivity contribution in [1.82, 2.24) is 4.90 Å². The number of rotatable bonds is 6. The fourth-order valence-corrected chi connectivity index (χ4v) is 2.24. The molecule has 1 amide bonds. The van der Waals surface area contributed by atoms with Gasteiger partial charge in [0.25, 0.3) is 0 Å². The highest BCUT2D eigenvalue weighted by atomic mass is 16.5. The van der Waals surface area contributed by atoms with Gasteiger partial charge in [0, 0.05) is 27.1 Å². The van der Waals surface area contributed by atoms with Gasteiger partial charge in [0.1, 0.15) is 0 Å². The van der Waals surface area contributed by atoms with Crippen molar-refractivity contribution < 1.29 is 9.53 Å². The number of carbonyl (C=O) groups excluding carboxylic acids is 1. The Labute approximate surface area is 107 Å². The van der Waals surface area contributed by atoms with Crippen LogP contribution in [0.2, 0.25) is 0 Å². The summed E-state index contributed by atoms with van der Waals surface area (Å²) in [6.45, 7) is 12.3. The summed E-state index contributed by atoms with van der Waals surface area (Å²) >= 11 is 0. The molecular weight excluding hydrogens is 214 g/mol. The van der Waals surface area contributed by atoms with Gasteiger partial charge in [0.15, 0.2) is 0 Å². The molecule has 0 rings (SSSR count). The summed E-state index contributed by atoms with van der Waals surface area (Å²) in [5.41, 5.74) is 0.173. The third-order valence-electron chi connectivity index (χ3n) is 3.37. The lowest BCUT2D eigenvalue weighted by Crippen LogP contribution is -2.35. The second kappa shape index (κ2) is 7.00. The highest BCUT2D eigenvalue weighted by molar-refractivity contribution is 5.76. The van der Waals surface area contributed by atoms with Gasteiger partial charge in [-0.25, -0.2) is 0 Å². The average molecular weight is 243 g/mol. The van der Waals surface area contributed by atoms with E-state index in [-0.39, 0.29) is 11.3 Å². The number of amides is 1. The Morgan fingerprint density at radius 1 is 1.29 bits per heavy atom. The van der Waals surface area contributed by atoms with Crippen LogP contribution in [0.15, 0.2) is 0 Å². The molecule has 3 heteroatoms. The summed E-state index contributed by atoms with van der Waals surface area (Å²) in [5.74, 6) is 1.16. The summed E-state index contributed by atoms with van der Waals surface area (Å²) in [4.78, 5) is 13.8. The molecule has 0 saturated carbocycles. The normalized spacial score (nSPS) is 13.9. The molecule has 3 nitrogen and oxygen atoms in total. The summed E-state index contributed by atoms with van der Waals surface area (Å²) < 4.78 is 4.99. The highest BCUT2D eigenvalue weighted by Gasteiger charge is 2.30. The molecular formula is C14H29NO2. The van der Waals surface area contributed by atoms with Crippen molar-refractivity contribution in [3.63, 3.8) is 0 Å². The number of carbonyl (C=O) groups is 1. The molecule has 0 aromatic rings. The zero-order valence-corrected chi connectivity index (χ0v) is 12.5. The average Bonchev–Trinajstić information content (AvgIpc) is 2.19. The third kappa shape index (κ3) is 6.06. The Morgan fingerprint density at radius 3 is 2.18 bits per heavy atom. The van der Waals surface area contributed by atoms with Crippen molar-refractivity contribution in [2.75, 3.05) is 27.3 Å². The van der Waals surface area contributed by atoms with Gasteiger partial charge >= 0.3 is 0 Å². The molecule has 0 heterocycles. The molecule has 1 atom stereocenters. The smallest absolute Gasteiger partial charge is 0.222 e. The van der Waals surface area contributed by atoms with Crippen LogP contribution >= 0.6 is 0 Å². The molecule has 0 aliphatic heterocycles. The van der Waals surface area contributed by atoms with Gasteiger partial charge in [-0.2, -0.15) is 0 Å². The number of methoxy groups -OCH3 is 1. The van der Waals surface area contributed by atoms with E-state index < -0.39 is 0 Å². The fraction of sp³-hybridized carbons (Fsp3) is 0.929. The third-order valence-corrected chi connectivity index (χ3v) is 3.37. The van der Waals surface area contributed by atoms with Crippen molar-refractivity contribution in [1.29, 1.82) is 0 Å². The number of ether oxygens (including phenoxy) is 1. The van der Waals surface area contributed by atoms with Crippen LogP contribution in [0.5, 0.6) is 0 Å². The van der Waals surface area contributed by atoms with Gasteiger partial charge in [-0.15, -0.1) is 0 Å². The first kappa shape index (κ1) is 16.4. The molecule has 0 fully saturated rings. The quantitative estimate of drug-likeness (QED) is 0.718. The lowest BCUT2D eigenvalue weighted by molar-refractivity contribution is -0.133. The number of hydrogen-bond donors (Lipinski definition) is 0. The Bertz CT molecular complexity index is 231. The van der Waals surface area contributed by atoms with Gasteiger partial charge in [-0.3, -0.25) is 4.79 Å². The molecule has 0 aromatic heterocycles. The molecule has 0 aromatic carbocycles. The van der Waals surface area contributed by atoms with E-state index in [1.165, 1.54) is 0 Å². The Hall–Kier alpha value is -0.570. The van der Waals surface area contributed by atoms with E-state index in [0.29, 0.717) is 31.4 Å². The minimum Gasteiger partial charge on any atom is -0.383 e. The van der Waals surface area contributed by atoms with Crippen LogP contribution in [0.25, 0.3) is 0 Å². The first-order valence-corrected chi connectivity index (χ1v) is 6.43. The van der Waals surface area contributed by atoms with Crippen LogP contribution in [0, 0.1) is 17.3 Å². The first-order valence-electron chi connectivity index (χ1n) is 6.43. The molecule has 0 aliphatic carbocycles. The van der Waals surface area contributed by atoms with E-state index in [9.17, 15) is 4.79 Å². The fourth-order valence-electron chi connectivity index (χ4n) is 2.24. The van der Waals surface area contributed by atoms with Crippen molar-refractivity contribution in [2.45, 2.75) is 41.0 Å². The van der Waals surface area contributed by atoms with Crippen molar-refractivity contribution in [3.8, 4) is 0 Å². The predicted octanol–water partition coefficient (Wildman–Crippen LogP) is 2.80. The summed E-state index contributed by atoms with van der Waals surface area (Å²) in [5, 5.41) is 0. The minimum atomic E-state index is 0.173. The summed E-state index contributed by atoms with van der Waals surface area (Å²) in [6.07, 6.45) is 0.626. The Balaban J connectivity index is 4.41. The van der Waals surface area contributed by atoms with Gasteiger partial charge in [0.05, 0.1) is 6.61 Å². The van der Waals surface area contributed by atoms with Gasteiger partial charge in [-0.1, -0.05) is 34.6 Å². The zero-order chi connectivity index (χ0) is 13.6. The van der Waals surface area contributed by atoms with E-state index in [0.717, 1.165) is 0 Å². The highest BCUT2D eigenvalue weighted by Crippen LogP contribution is 2.34. The lowest BCUT2D eigenvalue weighted by Gasteiger charge is -2.34. The standard InChI is InChI=1S/C14H29NO2/c1-11(2)12(14(3,4)5)10-13(16)15(6)8-9-17-7/h11-12H,8-10H2,1-7H3. The van der Waals surface area contributed by atoms with Crippen molar-refractivity contribution in [3.05, 3.63) is 0 Å². The zero-order valence-electron chi connectivity index (χ0n) is 12.5. The first-order chi connectivity index (χ1) is 7.70. The SMILES string of the molecule is COCCN(C)C(=O)CC(C(C)C)C(C)(C)C. The van der Waals surface area contributed by atoms with Crippen LogP contribution in [-0.2, 0) is 9.53 Å².